The highest BCUT2D eigenvalue weighted by atomic mass is 32.2. The van der Waals surface area contributed by atoms with Crippen molar-refractivity contribution in [1.29, 1.82) is 5.26 Å². The molecular weight excluding hydrogens is 344 g/mol. The van der Waals surface area contributed by atoms with Gasteiger partial charge in [0.05, 0.1) is 6.33 Å². The SMILES string of the molecule is N#CNC(=NC[C@H]1CC[C@@H](c2cnc[nH]2)C1)NCCSc1ccccc1. The van der Waals surface area contributed by atoms with Crippen molar-refractivity contribution < 1.29 is 0 Å². The van der Waals surface area contributed by atoms with E-state index in [1.807, 2.05) is 30.6 Å². The van der Waals surface area contributed by atoms with Crippen molar-refractivity contribution in [3.05, 3.63) is 48.5 Å². The standard InChI is InChI=1S/C19H24N6S/c20-13-24-19(22-8-9-26-17-4-2-1-3-5-17)23-11-15-6-7-16(10-15)18-12-21-14-25-18/h1-5,12,14-16H,6-11H2,(H,21,25)(H2,22,23,24)/t15-,16+/m0/s1. The lowest BCUT2D eigenvalue weighted by Crippen LogP contribution is -2.36. The zero-order chi connectivity index (χ0) is 18.0. The van der Waals surface area contributed by atoms with Crippen molar-refractivity contribution in [1.82, 2.24) is 20.6 Å². The maximum absolute atomic E-state index is 8.93. The van der Waals surface area contributed by atoms with Crippen LogP contribution in [0.4, 0.5) is 0 Å². The first-order valence-corrected chi connectivity index (χ1v) is 9.93. The predicted octanol–water partition coefficient (Wildman–Crippen LogP) is 3.10. The maximum Gasteiger partial charge on any atom is 0.204 e. The fraction of sp³-hybridized carbons (Fsp3) is 0.421. The van der Waals surface area contributed by atoms with Crippen LogP contribution in [0.15, 0.2) is 52.7 Å². The minimum atomic E-state index is 0.555. The molecule has 1 aliphatic carbocycles. The third-order valence-corrected chi connectivity index (χ3v) is 5.60. The van der Waals surface area contributed by atoms with E-state index in [0.717, 1.165) is 31.7 Å². The summed E-state index contributed by atoms with van der Waals surface area (Å²) in [5.41, 5.74) is 1.22. The normalized spacial score (nSPS) is 19.9. The third-order valence-electron chi connectivity index (χ3n) is 4.59. The molecule has 6 nitrogen and oxygen atoms in total. The molecule has 0 saturated heterocycles. The lowest BCUT2D eigenvalue weighted by atomic mass is 10.0. The number of nitrogens with zero attached hydrogens (tertiary/aromatic N) is 3. The molecule has 0 spiro atoms. The molecule has 1 aliphatic rings. The summed E-state index contributed by atoms with van der Waals surface area (Å²) in [5, 5.41) is 14.8. The number of hydrogen-bond donors (Lipinski definition) is 3. The van der Waals surface area contributed by atoms with E-state index in [1.165, 1.54) is 17.0 Å². The van der Waals surface area contributed by atoms with Crippen LogP contribution in [-0.2, 0) is 0 Å². The molecule has 1 heterocycles. The van der Waals surface area contributed by atoms with Crippen molar-refractivity contribution in [2.75, 3.05) is 18.8 Å². The van der Waals surface area contributed by atoms with Crippen LogP contribution in [0.5, 0.6) is 0 Å². The van der Waals surface area contributed by atoms with Crippen LogP contribution in [0.25, 0.3) is 0 Å². The molecule has 2 aromatic rings. The molecule has 26 heavy (non-hydrogen) atoms. The molecule has 0 bridgehead atoms. The Labute approximate surface area is 158 Å². The van der Waals surface area contributed by atoms with Crippen molar-refractivity contribution in [2.45, 2.75) is 30.1 Å². The Hall–Kier alpha value is -2.46. The summed E-state index contributed by atoms with van der Waals surface area (Å²) in [4.78, 5) is 13.2. The van der Waals surface area contributed by atoms with Gasteiger partial charge in [0.15, 0.2) is 6.19 Å². The second-order valence-corrected chi connectivity index (χ2v) is 7.57. The van der Waals surface area contributed by atoms with Gasteiger partial charge in [-0.05, 0) is 37.3 Å². The van der Waals surface area contributed by atoms with Crippen molar-refractivity contribution in [3.63, 3.8) is 0 Å². The second kappa shape index (κ2) is 9.88. The molecule has 0 unspecified atom stereocenters. The molecular formula is C19H24N6S. The first-order chi connectivity index (χ1) is 12.8. The van der Waals surface area contributed by atoms with Crippen LogP contribution in [0.2, 0.25) is 0 Å². The number of aromatic amines is 1. The van der Waals surface area contributed by atoms with Crippen LogP contribution in [-0.4, -0.2) is 34.8 Å². The number of benzene rings is 1. The van der Waals surface area contributed by atoms with Gasteiger partial charge in [0, 0.05) is 41.5 Å². The number of rotatable bonds is 7. The highest BCUT2D eigenvalue weighted by Gasteiger charge is 2.26. The number of imidazole rings is 1. The molecule has 0 aliphatic heterocycles. The van der Waals surface area contributed by atoms with Crippen LogP contribution >= 0.6 is 11.8 Å². The molecule has 136 valence electrons. The van der Waals surface area contributed by atoms with Gasteiger partial charge in [0.25, 0.3) is 0 Å². The monoisotopic (exact) mass is 368 g/mol. The van der Waals surface area contributed by atoms with Crippen LogP contribution in [0.3, 0.4) is 0 Å². The van der Waals surface area contributed by atoms with E-state index in [0.29, 0.717) is 17.8 Å². The maximum atomic E-state index is 8.93. The van der Waals surface area contributed by atoms with Gasteiger partial charge in [0.2, 0.25) is 5.96 Å². The Kier molecular flexibility index (Phi) is 6.96. The third kappa shape index (κ3) is 5.53. The highest BCUT2D eigenvalue weighted by molar-refractivity contribution is 7.99. The van der Waals surface area contributed by atoms with Gasteiger partial charge < -0.3 is 10.3 Å². The minimum absolute atomic E-state index is 0.555. The zero-order valence-electron chi connectivity index (χ0n) is 14.7. The number of thioether (sulfide) groups is 1. The molecule has 1 aromatic heterocycles. The molecule has 2 atom stereocenters. The Morgan fingerprint density at radius 1 is 1.35 bits per heavy atom. The zero-order valence-corrected chi connectivity index (χ0v) is 15.5. The molecule has 1 saturated carbocycles. The quantitative estimate of drug-likeness (QED) is 0.174. The average molecular weight is 369 g/mol. The summed E-state index contributed by atoms with van der Waals surface area (Å²) >= 11 is 1.79. The van der Waals surface area contributed by atoms with Crippen LogP contribution in [0, 0.1) is 17.4 Å². The average Bonchev–Trinajstić information content (AvgIpc) is 3.35. The summed E-state index contributed by atoms with van der Waals surface area (Å²) in [6, 6.07) is 10.3. The fourth-order valence-electron chi connectivity index (χ4n) is 3.28. The molecule has 0 amide bonds. The first kappa shape index (κ1) is 18.3. The highest BCUT2D eigenvalue weighted by Crippen LogP contribution is 2.37. The van der Waals surface area contributed by atoms with Gasteiger partial charge in [-0.25, -0.2) is 4.98 Å². The number of guanidine groups is 1. The van der Waals surface area contributed by atoms with Crippen molar-refractivity contribution >= 4 is 17.7 Å². The fourth-order valence-corrected chi connectivity index (χ4v) is 4.07. The second-order valence-electron chi connectivity index (χ2n) is 6.40. The summed E-state index contributed by atoms with van der Waals surface area (Å²) in [6.07, 6.45) is 9.09. The summed E-state index contributed by atoms with van der Waals surface area (Å²) in [6.45, 7) is 1.50. The van der Waals surface area contributed by atoms with Crippen molar-refractivity contribution in [3.8, 4) is 6.19 Å². The predicted molar refractivity (Wildman–Crippen MR) is 105 cm³/mol. The lowest BCUT2D eigenvalue weighted by Gasteiger charge is -2.11. The molecule has 3 rings (SSSR count). The van der Waals surface area contributed by atoms with Crippen LogP contribution < -0.4 is 10.6 Å². The first-order valence-electron chi connectivity index (χ1n) is 8.94. The van der Waals surface area contributed by atoms with Gasteiger partial charge in [-0.2, -0.15) is 5.26 Å². The largest absolute Gasteiger partial charge is 0.355 e. The van der Waals surface area contributed by atoms with E-state index in [4.69, 9.17) is 5.26 Å². The number of H-pyrrole nitrogens is 1. The van der Waals surface area contributed by atoms with E-state index < -0.39 is 0 Å². The van der Waals surface area contributed by atoms with Gasteiger partial charge in [0.1, 0.15) is 0 Å². The summed E-state index contributed by atoms with van der Waals surface area (Å²) in [7, 11) is 0. The molecule has 1 aromatic carbocycles. The Morgan fingerprint density at radius 2 is 2.23 bits per heavy atom. The van der Waals surface area contributed by atoms with Gasteiger partial charge in [-0.3, -0.25) is 10.3 Å². The Bertz CT molecular complexity index is 722. The topological polar surface area (TPSA) is 88.9 Å². The van der Waals surface area contributed by atoms with Gasteiger partial charge in [-0.15, -0.1) is 11.8 Å². The number of aromatic nitrogens is 2. The molecule has 7 heteroatoms. The Balaban J connectivity index is 1.41. The summed E-state index contributed by atoms with van der Waals surface area (Å²) in [5.74, 6) is 2.60. The number of aliphatic imine (C=N–C) groups is 1. The molecule has 3 N–H and O–H groups in total. The Morgan fingerprint density at radius 3 is 3.00 bits per heavy atom. The van der Waals surface area contributed by atoms with E-state index in [1.54, 1.807) is 18.1 Å². The van der Waals surface area contributed by atoms with Gasteiger partial charge >= 0.3 is 0 Å². The van der Waals surface area contributed by atoms with E-state index in [9.17, 15) is 0 Å². The van der Waals surface area contributed by atoms with E-state index >= 15 is 0 Å². The van der Waals surface area contributed by atoms with Crippen molar-refractivity contribution in [2.24, 2.45) is 10.9 Å². The minimum Gasteiger partial charge on any atom is -0.355 e. The van der Waals surface area contributed by atoms with Gasteiger partial charge in [-0.1, -0.05) is 18.2 Å². The lowest BCUT2D eigenvalue weighted by molar-refractivity contribution is 0.548. The van der Waals surface area contributed by atoms with E-state index in [-0.39, 0.29) is 0 Å². The van der Waals surface area contributed by atoms with Crippen LogP contribution in [0.1, 0.15) is 30.9 Å². The van der Waals surface area contributed by atoms with E-state index in [2.05, 4.69) is 37.7 Å². The number of nitriles is 1. The molecule has 1 fully saturated rings. The number of hydrogen-bond acceptors (Lipinski definition) is 4. The number of nitrogens with one attached hydrogen (secondary N) is 3. The smallest absolute Gasteiger partial charge is 0.204 e. The molecule has 0 radical (unpaired) electrons. The summed E-state index contributed by atoms with van der Waals surface area (Å²) < 4.78 is 0.